The summed E-state index contributed by atoms with van der Waals surface area (Å²) >= 11 is 1.62. The summed E-state index contributed by atoms with van der Waals surface area (Å²) in [6.07, 6.45) is 4.51. The number of carbonyl (C=O) groups excluding carboxylic acids is 1. The van der Waals surface area contributed by atoms with Gasteiger partial charge < -0.3 is 5.32 Å². The molecule has 1 aromatic heterocycles. The monoisotopic (exact) mass is 279 g/mol. The quantitative estimate of drug-likeness (QED) is 0.921. The molecule has 0 spiro atoms. The molecule has 104 valence electrons. The summed E-state index contributed by atoms with van der Waals surface area (Å²) in [6, 6.07) is 0.300. The van der Waals surface area contributed by atoms with Crippen LogP contribution in [0.4, 0.5) is 5.13 Å². The van der Waals surface area contributed by atoms with Gasteiger partial charge in [-0.15, -0.1) is 11.3 Å². The van der Waals surface area contributed by atoms with Gasteiger partial charge in [0, 0.05) is 23.9 Å². The number of nitrogens with zero attached hydrogens (tertiary/aromatic N) is 2. The lowest BCUT2D eigenvalue weighted by molar-refractivity contribution is -0.121. The lowest BCUT2D eigenvalue weighted by atomic mass is 10.0. The van der Waals surface area contributed by atoms with Crippen molar-refractivity contribution < 1.29 is 4.79 Å². The van der Waals surface area contributed by atoms with Crippen LogP contribution in [0.1, 0.15) is 51.1 Å². The van der Waals surface area contributed by atoms with Gasteiger partial charge in [0.05, 0.1) is 11.7 Å². The van der Waals surface area contributed by atoms with Crippen molar-refractivity contribution in [1.29, 1.82) is 0 Å². The second-order valence-electron chi connectivity index (χ2n) is 5.84. The molecule has 5 heteroatoms. The highest BCUT2D eigenvalue weighted by Crippen LogP contribution is 2.41. The molecule has 2 fully saturated rings. The first-order valence-electron chi connectivity index (χ1n) is 7.18. The minimum atomic E-state index is -0.0398. The standard InChI is InChI=1S/C14H21N3OS/c1-9(2)15-11-4-3-7-17(13(11)18)14-16-12(8-19-14)10-5-6-10/h8-11,15H,3-7H2,1-2H3. The summed E-state index contributed by atoms with van der Waals surface area (Å²) in [7, 11) is 0. The van der Waals surface area contributed by atoms with E-state index in [4.69, 9.17) is 0 Å². The fourth-order valence-electron chi connectivity index (χ4n) is 2.59. The fourth-order valence-corrected chi connectivity index (χ4v) is 3.53. The molecule has 0 bridgehead atoms. The van der Waals surface area contributed by atoms with E-state index >= 15 is 0 Å². The highest BCUT2D eigenvalue weighted by atomic mass is 32.1. The van der Waals surface area contributed by atoms with E-state index in [2.05, 4.69) is 29.5 Å². The normalized spacial score (nSPS) is 24.3. The van der Waals surface area contributed by atoms with Crippen LogP contribution in [-0.2, 0) is 4.79 Å². The lowest BCUT2D eigenvalue weighted by Crippen LogP contribution is -2.52. The molecule has 1 unspecified atom stereocenters. The van der Waals surface area contributed by atoms with Crippen LogP contribution < -0.4 is 10.2 Å². The molecule has 2 aliphatic rings. The van der Waals surface area contributed by atoms with Gasteiger partial charge in [-0.05, 0) is 25.7 Å². The Morgan fingerprint density at radius 3 is 2.89 bits per heavy atom. The van der Waals surface area contributed by atoms with Gasteiger partial charge in [0.2, 0.25) is 5.91 Å². The minimum Gasteiger partial charge on any atom is -0.304 e. The number of hydrogen-bond acceptors (Lipinski definition) is 4. The number of anilines is 1. The molecule has 1 aliphatic heterocycles. The van der Waals surface area contributed by atoms with Crippen molar-refractivity contribution in [3.05, 3.63) is 11.1 Å². The van der Waals surface area contributed by atoms with Crippen molar-refractivity contribution in [3.8, 4) is 0 Å². The van der Waals surface area contributed by atoms with Crippen LogP contribution in [0.2, 0.25) is 0 Å². The number of hydrogen-bond donors (Lipinski definition) is 1. The van der Waals surface area contributed by atoms with E-state index in [9.17, 15) is 4.79 Å². The van der Waals surface area contributed by atoms with E-state index in [1.165, 1.54) is 18.5 Å². The van der Waals surface area contributed by atoms with Crippen molar-refractivity contribution in [3.63, 3.8) is 0 Å². The molecule has 0 aromatic carbocycles. The molecule has 4 nitrogen and oxygen atoms in total. The van der Waals surface area contributed by atoms with Gasteiger partial charge in [0.25, 0.3) is 0 Å². The van der Waals surface area contributed by atoms with Gasteiger partial charge in [-0.2, -0.15) is 0 Å². The van der Waals surface area contributed by atoms with E-state index in [0.29, 0.717) is 12.0 Å². The Balaban J connectivity index is 1.73. The molecule has 1 atom stereocenters. The largest absolute Gasteiger partial charge is 0.304 e. The topological polar surface area (TPSA) is 45.2 Å². The average molecular weight is 279 g/mol. The number of carbonyl (C=O) groups is 1. The first-order valence-corrected chi connectivity index (χ1v) is 8.06. The summed E-state index contributed by atoms with van der Waals surface area (Å²) in [5.41, 5.74) is 1.19. The van der Waals surface area contributed by atoms with Crippen molar-refractivity contribution in [2.24, 2.45) is 0 Å². The summed E-state index contributed by atoms with van der Waals surface area (Å²) in [4.78, 5) is 19.0. The molecular weight excluding hydrogens is 258 g/mol. The van der Waals surface area contributed by atoms with E-state index in [0.717, 1.165) is 24.5 Å². The lowest BCUT2D eigenvalue weighted by Gasteiger charge is -2.32. The van der Waals surface area contributed by atoms with Gasteiger partial charge in [-0.25, -0.2) is 4.98 Å². The van der Waals surface area contributed by atoms with Crippen molar-refractivity contribution in [2.75, 3.05) is 11.4 Å². The summed E-state index contributed by atoms with van der Waals surface area (Å²) < 4.78 is 0. The number of thiazole rings is 1. The highest BCUT2D eigenvalue weighted by Gasteiger charge is 2.33. The molecule has 1 saturated heterocycles. The zero-order valence-corrected chi connectivity index (χ0v) is 12.4. The minimum absolute atomic E-state index is 0.0398. The Hall–Kier alpha value is -0.940. The molecule has 1 amide bonds. The highest BCUT2D eigenvalue weighted by molar-refractivity contribution is 7.14. The fraction of sp³-hybridized carbons (Fsp3) is 0.714. The maximum absolute atomic E-state index is 12.5. The van der Waals surface area contributed by atoms with Crippen LogP contribution in [0.25, 0.3) is 0 Å². The Kier molecular flexibility index (Phi) is 3.58. The molecule has 1 aliphatic carbocycles. The molecule has 19 heavy (non-hydrogen) atoms. The second-order valence-corrected chi connectivity index (χ2v) is 6.67. The third-order valence-corrected chi connectivity index (χ3v) is 4.59. The third kappa shape index (κ3) is 2.82. The van der Waals surface area contributed by atoms with Crippen LogP contribution >= 0.6 is 11.3 Å². The third-order valence-electron chi connectivity index (χ3n) is 3.71. The predicted molar refractivity (Wildman–Crippen MR) is 77.7 cm³/mol. The molecule has 3 rings (SSSR count). The predicted octanol–water partition coefficient (Wildman–Crippen LogP) is 2.51. The molecule has 2 heterocycles. The number of piperidine rings is 1. The summed E-state index contributed by atoms with van der Waals surface area (Å²) in [5, 5.41) is 6.37. The van der Waals surface area contributed by atoms with Gasteiger partial charge in [-0.1, -0.05) is 13.8 Å². The SMILES string of the molecule is CC(C)NC1CCCN(c2nc(C3CC3)cs2)C1=O. The van der Waals surface area contributed by atoms with Gasteiger partial charge in [0.15, 0.2) is 5.13 Å². The van der Waals surface area contributed by atoms with Crippen molar-refractivity contribution in [1.82, 2.24) is 10.3 Å². The Morgan fingerprint density at radius 2 is 2.21 bits per heavy atom. The molecule has 1 aromatic rings. The zero-order valence-electron chi connectivity index (χ0n) is 11.6. The van der Waals surface area contributed by atoms with Crippen LogP contribution in [0.5, 0.6) is 0 Å². The van der Waals surface area contributed by atoms with Crippen LogP contribution in [0, 0.1) is 0 Å². The van der Waals surface area contributed by atoms with E-state index in [1.54, 1.807) is 11.3 Å². The molecule has 1 saturated carbocycles. The second kappa shape index (κ2) is 5.21. The van der Waals surface area contributed by atoms with Crippen molar-refractivity contribution >= 4 is 22.4 Å². The first-order chi connectivity index (χ1) is 9.15. The first kappa shape index (κ1) is 13.1. The number of amides is 1. The molecular formula is C14H21N3OS. The molecule has 1 N–H and O–H groups in total. The number of nitrogens with one attached hydrogen (secondary N) is 1. The van der Waals surface area contributed by atoms with Crippen LogP contribution in [-0.4, -0.2) is 29.5 Å². The Bertz CT molecular complexity index is 467. The van der Waals surface area contributed by atoms with Crippen LogP contribution in [0.3, 0.4) is 0 Å². The van der Waals surface area contributed by atoms with E-state index in [1.807, 2.05) is 4.90 Å². The van der Waals surface area contributed by atoms with E-state index in [-0.39, 0.29) is 11.9 Å². The maximum Gasteiger partial charge on any atom is 0.245 e. The van der Waals surface area contributed by atoms with Gasteiger partial charge >= 0.3 is 0 Å². The van der Waals surface area contributed by atoms with E-state index < -0.39 is 0 Å². The van der Waals surface area contributed by atoms with Crippen LogP contribution in [0.15, 0.2) is 5.38 Å². The smallest absolute Gasteiger partial charge is 0.245 e. The number of rotatable bonds is 4. The van der Waals surface area contributed by atoms with Gasteiger partial charge in [0.1, 0.15) is 0 Å². The molecule has 0 radical (unpaired) electrons. The zero-order chi connectivity index (χ0) is 13.4. The average Bonchev–Trinajstić information content (AvgIpc) is 3.10. The summed E-state index contributed by atoms with van der Waals surface area (Å²) in [6.45, 7) is 4.98. The van der Waals surface area contributed by atoms with Crippen molar-refractivity contribution in [2.45, 2.75) is 57.5 Å². The maximum atomic E-state index is 12.5. The Labute approximate surface area is 118 Å². The Morgan fingerprint density at radius 1 is 1.42 bits per heavy atom. The van der Waals surface area contributed by atoms with Gasteiger partial charge in [-0.3, -0.25) is 9.69 Å². The summed E-state index contributed by atoms with van der Waals surface area (Å²) in [5.74, 6) is 0.853. The number of aromatic nitrogens is 1.